The Labute approximate surface area is 127 Å². The highest BCUT2D eigenvalue weighted by Crippen LogP contribution is 2.61. The highest BCUT2D eigenvalue weighted by molar-refractivity contribution is 5.94. The lowest BCUT2D eigenvalue weighted by Gasteiger charge is -2.56. The molecule has 0 unspecified atom stereocenters. The van der Waals surface area contributed by atoms with Crippen molar-refractivity contribution < 1.29 is 4.79 Å². The van der Waals surface area contributed by atoms with Gasteiger partial charge in [0.2, 0.25) is 0 Å². The Kier molecular flexibility index (Phi) is 3.20. The summed E-state index contributed by atoms with van der Waals surface area (Å²) in [4.78, 5) is 12.8. The van der Waals surface area contributed by atoms with E-state index in [9.17, 15) is 4.79 Å². The summed E-state index contributed by atoms with van der Waals surface area (Å²) < 4.78 is 1.91. The minimum absolute atomic E-state index is 0.336. The number of hydrogen-bond acceptors (Lipinski definition) is 2. The number of carbonyl (C=O) groups is 1. The molecule has 3 heteroatoms. The molecule has 3 nitrogen and oxygen atoms in total. The Bertz CT molecular complexity index is 510. The molecule has 5 rings (SSSR count). The molecule has 1 heterocycles. The van der Waals surface area contributed by atoms with Gasteiger partial charge in [0.25, 0.3) is 0 Å². The SMILES string of the molecule is CCCn1nccc1C(=O)CC12CC3CC(CC(C3)C1)C2. The van der Waals surface area contributed by atoms with Gasteiger partial charge < -0.3 is 0 Å². The number of nitrogens with zero attached hydrogens (tertiary/aromatic N) is 2. The maximum Gasteiger partial charge on any atom is 0.181 e. The Morgan fingerprint density at radius 3 is 2.43 bits per heavy atom. The van der Waals surface area contributed by atoms with Crippen LogP contribution in [0.1, 0.15) is 68.8 Å². The lowest BCUT2D eigenvalue weighted by Crippen LogP contribution is -2.47. The van der Waals surface area contributed by atoms with Gasteiger partial charge in [-0.25, -0.2) is 0 Å². The predicted molar refractivity (Wildman–Crippen MR) is 82.1 cm³/mol. The standard InChI is InChI=1S/C18H26N2O/c1-2-5-20-16(3-4-19-20)17(21)12-18-9-13-6-14(10-18)8-15(7-13)11-18/h3-4,13-15H,2,5-12H2,1H3. The van der Waals surface area contributed by atoms with E-state index in [0.717, 1.165) is 42.8 Å². The van der Waals surface area contributed by atoms with E-state index in [2.05, 4.69) is 12.0 Å². The molecule has 4 fully saturated rings. The Morgan fingerprint density at radius 1 is 1.24 bits per heavy atom. The molecule has 21 heavy (non-hydrogen) atoms. The highest BCUT2D eigenvalue weighted by Gasteiger charge is 2.51. The molecule has 0 amide bonds. The first kappa shape index (κ1) is 13.5. The number of rotatable bonds is 5. The molecule has 0 N–H and O–H groups in total. The molecule has 0 saturated heterocycles. The summed E-state index contributed by atoms with van der Waals surface area (Å²) in [6.07, 6.45) is 11.9. The molecule has 4 aliphatic carbocycles. The zero-order valence-electron chi connectivity index (χ0n) is 13.1. The summed E-state index contributed by atoms with van der Waals surface area (Å²) in [5, 5.41) is 4.32. The van der Waals surface area contributed by atoms with Gasteiger partial charge in [-0.05, 0) is 74.2 Å². The topological polar surface area (TPSA) is 34.9 Å². The minimum Gasteiger partial charge on any atom is -0.292 e. The summed E-state index contributed by atoms with van der Waals surface area (Å²) in [5.74, 6) is 3.10. The van der Waals surface area contributed by atoms with Gasteiger partial charge in [0, 0.05) is 19.2 Å². The van der Waals surface area contributed by atoms with Gasteiger partial charge in [-0.3, -0.25) is 9.48 Å². The van der Waals surface area contributed by atoms with Crippen molar-refractivity contribution in [2.45, 2.75) is 64.8 Å². The molecule has 1 aromatic rings. The largest absolute Gasteiger partial charge is 0.292 e. The van der Waals surface area contributed by atoms with Crippen LogP contribution in [0.3, 0.4) is 0 Å². The van der Waals surface area contributed by atoms with E-state index < -0.39 is 0 Å². The van der Waals surface area contributed by atoms with Crippen molar-refractivity contribution in [2.24, 2.45) is 23.2 Å². The van der Waals surface area contributed by atoms with Crippen LogP contribution in [-0.2, 0) is 6.54 Å². The number of carbonyl (C=O) groups excluding carboxylic acids is 1. The van der Waals surface area contributed by atoms with Gasteiger partial charge in [0.05, 0.1) is 0 Å². The summed E-state index contributed by atoms with van der Waals surface area (Å²) in [6, 6.07) is 1.92. The average molecular weight is 286 g/mol. The number of ketones is 1. The van der Waals surface area contributed by atoms with E-state index in [1.54, 1.807) is 6.20 Å². The van der Waals surface area contributed by atoms with Crippen molar-refractivity contribution in [1.82, 2.24) is 9.78 Å². The summed E-state index contributed by atoms with van der Waals surface area (Å²) in [6.45, 7) is 2.99. The van der Waals surface area contributed by atoms with Crippen molar-refractivity contribution in [3.8, 4) is 0 Å². The zero-order valence-corrected chi connectivity index (χ0v) is 13.1. The average Bonchev–Trinajstić information content (AvgIpc) is 2.85. The second-order valence-electron chi connectivity index (χ2n) is 7.96. The minimum atomic E-state index is 0.336. The third-order valence-corrected chi connectivity index (χ3v) is 6.14. The fraction of sp³-hybridized carbons (Fsp3) is 0.778. The van der Waals surface area contributed by atoms with E-state index in [1.807, 2.05) is 10.7 Å². The van der Waals surface area contributed by atoms with Crippen molar-refractivity contribution in [3.05, 3.63) is 18.0 Å². The predicted octanol–water partition coefficient (Wildman–Crippen LogP) is 4.08. The Balaban J connectivity index is 1.53. The monoisotopic (exact) mass is 286 g/mol. The first-order valence-corrected chi connectivity index (χ1v) is 8.72. The second-order valence-corrected chi connectivity index (χ2v) is 7.96. The van der Waals surface area contributed by atoms with Crippen LogP contribution in [0.4, 0.5) is 0 Å². The molecule has 4 saturated carbocycles. The first-order valence-electron chi connectivity index (χ1n) is 8.72. The lowest BCUT2D eigenvalue weighted by atomic mass is 9.48. The van der Waals surface area contributed by atoms with Crippen molar-refractivity contribution in [3.63, 3.8) is 0 Å². The van der Waals surface area contributed by atoms with Crippen LogP contribution in [0, 0.1) is 23.2 Å². The maximum atomic E-state index is 12.8. The van der Waals surface area contributed by atoms with E-state index in [4.69, 9.17) is 0 Å². The van der Waals surface area contributed by atoms with E-state index in [1.165, 1.54) is 38.5 Å². The van der Waals surface area contributed by atoms with Gasteiger partial charge in [0.15, 0.2) is 5.78 Å². The maximum absolute atomic E-state index is 12.8. The van der Waals surface area contributed by atoms with E-state index in [-0.39, 0.29) is 0 Å². The Morgan fingerprint density at radius 2 is 1.86 bits per heavy atom. The van der Waals surface area contributed by atoms with Crippen molar-refractivity contribution in [2.75, 3.05) is 0 Å². The molecule has 0 radical (unpaired) electrons. The van der Waals surface area contributed by atoms with Gasteiger partial charge in [-0.2, -0.15) is 5.10 Å². The second kappa shape index (κ2) is 4.96. The van der Waals surface area contributed by atoms with Crippen LogP contribution in [0.2, 0.25) is 0 Å². The molecule has 4 bridgehead atoms. The summed E-state index contributed by atoms with van der Waals surface area (Å²) >= 11 is 0. The molecular weight excluding hydrogens is 260 g/mol. The van der Waals surface area contributed by atoms with Crippen LogP contribution in [0.15, 0.2) is 12.3 Å². The Hall–Kier alpha value is -1.12. The van der Waals surface area contributed by atoms with Crippen LogP contribution < -0.4 is 0 Å². The first-order chi connectivity index (χ1) is 10.2. The fourth-order valence-electron chi connectivity index (χ4n) is 5.90. The third kappa shape index (κ3) is 2.35. The normalized spacial score (nSPS) is 37.1. The highest BCUT2D eigenvalue weighted by atomic mass is 16.1. The number of hydrogen-bond donors (Lipinski definition) is 0. The molecule has 0 aliphatic heterocycles. The number of aromatic nitrogens is 2. The van der Waals surface area contributed by atoms with Crippen LogP contribution in [0.25, 0.3) is 0 Å². The van der Waals surface area contributed by atoms with Crippen molar-refractivity contribution >= 4 is 5.78 Å². The smallest absolute Gasteiger partial charge is 0.181 e. The molecule has 4 aliphatic rings. The molecule has 0 atom stereocenters. The van der Waals surface area contributed by atoms with Crippen LogP contribution in [0.5, 0.6) is 0 Å². The van der Waals surface area contributed by atoms with Gasteiger partial charge in [-0.15, -0.1) is 0 Å². The lowest BCUT2D eigenvalue weighted by molar-refractivity contribution is -0.0525. The van der Waals surface area contributed by atoms with Gasteiger partial charge in [0.1, 0.15) is 5.69 Å². The number of aryl methyl sites for hydroxylation is 1. The van der Waals surface area contributed by atoms with E-state index in [0.29, 0.717) is 11.2 Å². The van der Waals surface area contributed by atoms with Crippen LogP contribution >= 0.6 is 0 Å². The zero-order chi connectivity index (χ0) is 14.4. The summed E-state index contributed by atoms with van der Waals surface area (Å²) in [7, 11) is 0. The van der Waals surface area contributed by atoms with E-state index >= 15 is 0 Å². The van der Waals surface area contributed by atoms with Gasteiger partial charge >= 0.3 is 0 Å². The third-order valence-electron chi connectivity index (χ3n) is 6.14. The molecule has 0 aromatic carbocycles. The van der Waals surface area contributed by atoms with Gasteiger partial charge in [-0.1, -0.05) is 6.92 Å². The summed E-state index contributed by atoms with van der Waals surface area (Å²) in [5.41, 5.74) is 1.18. The molecule has 0 spiro atoms. The quantitative estimate of drug-likeness (QED) is 0.764. The molecule has 114 valence electrons. The molecule has 1 aromatic heterocycles. The molecular formula is C18H26N2O. The fourth-order valence-corrected chi connectivity index (χ4v) is 5.90. The van der Waals surface area contributed by atoms with Crippen LogP contribution in [-0.4, -0.2) is 15.6 Å². The number of Topliss-reactive ketones (excluding diaryl/α,β-unsaturated/α-hetero) is 1. The van der Waals surface area contributed by atoms with Crippen molar-refractivity contribution in [1.29, 1.82) is 0 Å².